The largest absolute Gasteiger partial charge is 0.399 e. The van der Waals surface area contributed by atoms with Crippen molar-refractivity contribution in [1.82, 2.24) is 9.38 Å². The Morgan fingerprint density at radius 2 is 1.76 bits per heavy atom. The molecule has 2 heterocycles. The summed E-state index contributed by atoms with van der Waals surface area (Å²) in [5, 5.41) is 0. The highest BCUT2D eigenvalue weighted by Crippen LogP contribution is 2.30. The molecule has 4 rings (SSSR count). The fourth-order valence-corrected chi connectivity index (χ4v) is 3.32. The van der Waals surface area contributed by atoms with Crippen molar-refractivity contribution in [3.8, 4) is 11.3 Å². The SMILES string of the molecule is Cl.Cl.Nc1ccc2c(c1)sc1nc(-c3ccccc3)cn12. The van der Waals surface area contributed by atoms with Crippen LogP contribution in [0.15, 0.2) is 54.7 Å². The van der Waals surface area contributed by atoms with Gasteiger partial charge in [-0.25, -0.2) is 4.98 Å². The molecular weight excluding hydrogens is 325 g/mol. The van der Waals surface area contributed by atoms with E-state index in [-0.39, 0.29) is 24.8 Å². The lowest BCUT2D eigenvalue weighted by Gasteiger charge is -1.95. The van der Waals surface area contributed by atoms with Crippen molar-refractivity contribution < 1.29 is 0 Å². The van der Waals surface area contributed by atoms with Crippen molar-refractivity contribution in [1.29, 1.82) is 0 Å². The highest BCUT2D eigenvalue weighted by Gasteiger charge is 2.09. The molecule has 21 heavy (non-hydrogen) atoms. The predicted molar refractivity (Wildman–Crippen MR) is 94.9 cm³/mol. The molecule has 4 aromatic rings. The lowest BCUT2D eigenvalue weighted by Crippen LogP contribution is -1.83. The summed E-state index contributed by atoms with van der Waals surface area (Å²) in [4.78, 5) is 5.69. The molecule has 0 aliphatic heterocycles. The molecule has 108 valence electrons. The van der Waals surface area contributed by atoms with Crippen LogP contribution < -0.4 is 5.73 Å². The van der Waals surface area contributed by atoms with Gasteiger partial charge in [-0.3, -0.25) is 4.40 Å². The molecule has 0 saturated carbocycles. The van der Waals surface area contributed by atoms with Crippen LogP contribution in [0.4, 0.5) is 5.69 Å². The number of aromatic nitrogens is 2. The molecule has 0 fully saturated rings. The molecule has 0 aliphatic carbocycles. The number of thiazole rings is 1. The summed E-state index contributed by atoms with van der Waals surface area (Å²) >= 11 is 1.66. The van der Waals surface area contributed by atoms with Crippen LogP contribution in [-0.2, 0) is 0 Å². The van der Waals surface area contributed by atoms with Crippen molar-refractivity contribution in [3.63, 3.8) is 0 Å². The number of nitrogen functional groups attached to an aromatic ring is 1. The topological polar surface area (TPSA) is 43.3 Å². The van der Waals surface area contributed by atoms with E-state index in [4.69, 9.17) is 10.7 Å². The number of imidazole rings is 1. The quantitative estimate of drug-likeness (QED) is 0.514. The molecule has 0 spiro atoms. The highest BCUT2D eigenvalue weighted by atomic mass is 35.5. The van der Waals surface area contributed by atoms with Crippen molar-refractivity contribution in [2.75, 3.05) is 5.73 Å². The summed E-state index contributed by atoms with van der Waals surface area (Å²) in [6.45, 7) is 0. The van der Waals surface area contributed by atoms with Crippen molar-refractivity contribution in [2.45, 2.75) is 0 Å². The van der Waals surface area contributed by atoms with Crippen LogP contribution in [-0.4, -0.2) is 9.38 Å². The van der Waals surface area contributed by atoms with Crippen LogP contribution in [0, 0.1) is 0 Å². The lowest BCUT2D eigenvalue weighted by atomic mass is 10.2. The van der Waals surface area contributed by atoms with Gasteiger partial charge in [-0.2, -0.15) is 0 Å². The zero-order valence-corrected chi connectivity index (χ0v) is 13.3. The Labute approximate surface area is 138 Å². The Hall–Kier alpha value is -1.75. The van der Waals surface area contributed by atoms with Crippen molar-refractivity contribution in [3.05, 3.63) is 54.7 Å². The number of nitrogens with two attached hydrogens (primary N) is 1. The van der Waals surface area contributed by atoms with E-state index < -0.39 is 0 Å². The van der Waals surface area contributed by atoms with Crippen LogP contribution in [0.3, 0.4) is 0 Å². The molecule has 0 saturated heterocycles. The van der Waals surface area contributed by atoms with Gasteiger partial charge in [0.15, 0.2) is 4.96 Å². The summed E-state index contributed by atoms with van der Waals surface area (Å²) in [6, 6.07) is 16.2. The van der Waals surface area contributed by atoms with Gasteiger partial charge in [0.05, 0.1) is 15.9 Å². The lowest BCUT2D eigenvalue weighted by molar-refractivity contribution is 1.30. The molecule has 2 aromatic carbocycles. The second-order valence-corrected chi connectivity index (χ2v) is 5.48. The Balaban J connectivity index is 0.000000807. The summed E-state index contributed by atoms with van der Waals surface area (Å²) in [7, 11) is 0. The molecule has 0 amide bonds. The van der Waals surface area contributed by atoms with E-state index in [1.165, 1.54) is 4.70 Å². The first kappa shape index (κ1) is 15.6. The molecule has 3 nitrogen and oxygen atoms in total. The Morgan fingerprint density at radius 3 is 2.52 bits per heavy atom. The van der Waals surface area contributed by atoms with E-state index in [1.807, 2.05) is 36.4 Å². The number of hydrogen-bond acceptors (Lipinski definition) is 3. The minimum Gasteiger partial charge on any atom is -0.399 e. The second-order valence-electron chi connectivity index (χ2n) is 4.47. The van der Waals surface area contributed by atoms with E-state index >= 15 is 0 Å². The maximum Gasteiger partial charge on any atom is 0.195 e. The molecule has 0 unspecified atom stereocenters. The zero-order chi connectivity index (χ0) is 12.8. The molecule has 2 N–H and O–H groups in total. The maximum absolute atomic E-state index is 5.81. The summed E-state index contributed by atoms with van der Waals surface area (Å²) in [5.41, 5.74) is 9.91. The van der Waals surface area contributed by atoms with Crippen molar-refractivity contribution in [2.24, 2.45) is 0 Å². The molecule has 2 aromatic heterocycles. The predicted octanol–water partition coefficient (Wildman–Crippen LogP) is 4.64. The van der Waals surface area contributed by atoms with Crippen molar-refractivity contribution >= 4 is 57.0 Å². The number of rotatable bonds is 1. The first-order chi connectivity index (χ1) is 9.31. The molecule has 0 radical (unpaired) electrons. The van der Waals surface area contributed by atoms with Gasteiger partial charge in [-0.05, 0) is 18.2 Å². The second kappa shape index (κ2) is 5.93. The summed E-state index contributed by atoms with van der Waals surface area (Å²) in [6.07, 6.45) is 2.08. The van der Waals surface area contributed by atoms with E-state index in [0.717, 1.165) is 27.4 Å². The third-order valence-electron chi connectivity index (χ3n) is 3.19. The monoisotopic (exact) mass is 337 g/mol. The van der Waals surface area contributed by atoms with Crippen LogP contribution in [0.5, 0.6) is 0 Å². The average molecular weight is 338 g/mol. The maximum atomic E-state index is 5.81. The highest BCUT2D eigenvalue weighted by molar-refractivity contribution is 7.23. The van der Waals surface area contributed by atoms with Gasteiger partial charge in [-0.1, -0.05) is 41.7 Å². The number of fused-ring (bicyclic) bond motifs is 3. The minimum atomic E-state index is 0. The standard InChI is InChI=1S/C15H11N3S.2ClH/c16-11-6-7-13-14(8-11)19-15-17-12(9-18(13)15)10-4-2-1-3-5-10;;/h1-9H,16H2;2*1H. The normalized spacial score (nSPS) is 10.3. The minimum absolute atomic E-state index is 0. The average Bonchev–Trinajstić information content (AvgIpc) is 2.96. The smallest absolute Gasteiger partial charge is 0.195 e. The van der Waals surface area contributed by atoms with Gasteiger partial charge >= 0.3 is 0 Å². The Morgan fingerprint density at radius 1 is 1.00 bits per heavy atom. The van der Waals surface area contributed by atoms with Gasteiger partial charge in [0.2, 0.25) is 0 Å². The molecular formula is C15H13Cl2N3S. The number of hydrogen-bond donors (Lipinski definition) is 1. The van der Waals surface area contributed by atoms with Gasteiger partial charge in [0.25, 0.3) is 0 Å². The fraction of sp³-hybridized carbons (Fsp3) is 0. The number of benzene rings is 2. The van der Waals surface area contributed by atoms with E-state index in [9.17, 15) is 0 Å². The van der Waals surface area contributed by atoms with Crippen LogP contribution in [0.2, 0.25) is 0 Å². The van der Waals surface area contributed by atoms with E-state index in [1.54, 1.807) is 11.3 Å². The summed E-state index contributed by atoms with van der Waals surface area (Å²) in [5.74, 6) is 0. The third-order valence-corrected chi connectivity index (χ3v) is 4.21. The van der Waals surface area contributed by atoms with Crippen LogP contribution in [0.1, 0.15) is 0 Å². The van der Waals surface area contributed by atoms with Gasteiger partial charge in [0.1, 0.15) is 0 Å². The molecule has 0 aliphatic rings. The first-order valence-electron chi connectivity index (χ1n) is 6.04. The number of halogens is 2. The molecule has 0 bridgehead atoms. The Bertz CT molecular complexity index is 884. The first-order valence-corrected chi connectivity index (χ1v) is 6.85. The third kappa shape index (κ3) is 2.58. The molecule has 0 atom stereocenters. The summed E-state index contributed by atoms with van der Waals surface area (Å²) < 4.78 is 3.30. The van der Waals surface area contributed by atoms with Gasteiger partial charge < -0.3 is 5.73 Å². The fourth-order valence-electron chi connectivity index (χ4n) is 2.27. The van der Waals surface area contributed by atoms with Crippen LogP contribution in [0.25, 0.3) is 26.4 Å². The van der Waals surface area contributed by atoms with E-state index in [0.29, 0.717) is 0 Å². The zero-order valence-electron chi connectivity index (χ0n) is 10.9. The Kier molecular flexibility index (Phi) is 4.42. The van der Waals surface area contributed by atoms with E-state index in [2.05, 4.69) is 22.7 Å². The molecule has 6 heteroatoms. The van der Waals surface area contributed by atoms with Gasteiger partial charge in [-0.15, -0.1) is 24.8 Å². The number of anilines is 1. The van der Waals surface area contributed by atoms with Gasteiger partial charge in [0, 0.05) is 17.4 Å². The number of nitrogens with zero attached hydrogens (tertiary/aromatic N) is 2. The van der Waals surface area contributed by atoms with Crippen LogP contribution >= 0.6 is 36.2 Å².